The standard InChI is InChI=1S/C9H19NO/c1-3-10-9(7-11-4-2)8-5-6-8/h8-10H,3-7H2,1-2H3. The molecule has 0 saturated heterocycles. The summed E-state index contributed by atoms with van der Waals surface area (Å²) >= 11 is 0. The Labute approximate surface area is 69.3 Å². The van der Waals surface area contributed by atoms with Gasteiger partial charge in [-0.3, -0.25) is 0 Å². The summed E-state index contributed by atoms with van der Waals surface area (Å²) in [5.74, 6) is 0.904. The Hall–Kier alpha value is -0.0800. The number of nitrogens with one attached hydrogen (secondary N) is 1. The summed E-state index contributed by atoms with van der Waals surface area (Å²) in [7, 11) is 0. The molecule has 1 fully saturated rings. The highest BCUT2D eigenvalue weighted by atomic mass is 16.5. The second kappa shape index (κ2) is 4.73. The molecule has 2 nitrogen and oxygen atoms in total. The van der Waals surface area contributed by atoms with Gasteiger partial charge in [0.15, 0.2) is 0 Å². The number of likely N-dealkylation sites (N-methyl/N-ethyl adjacent to an activating group) is 1. The number of hydrogen-bond acceptors (Lipinski definition) is 2. The van der Waals surface area contributed by atoms with E-state index in [2.05, 4.69) is 19.2 Å². The molecule has 0 aliphatic heterocycles. The Balaban J connectivity index is 2.10. The lowest BCUT2D eigenvalue weighted by Gasteiger charge is -2.16. The zero-order valence-corrected chi connectivity index (χ0v) is 7.60. The van der Waals surface area contributed by atoms with E-state index in [1.165, 1.54) is 12.8 Å². The van der Waals surface area contributed by atoms with Gasteiger partial charge in [0.05, 0.1) is 6.61 Å². The Morgan fingerprint density at radius 2 is 2.18 bits per heavy atom. The fourth-order valence-electron chi connectivity index (χ4n) is 1.37. The number of hydrogen-bond donors (Lipinski definition) is 1. The van der Waals surface area contributed by atoms with Crippen molar-refractivity contribution in [3.8, 4) is 0 Å². The third kappa shape index (κ3) is 3.21. The average molecular weight is 157 g/mol. The van der Waals surface area contributed by atoms with Crippen molar-refractivity contribution in [3.63, 3.8) is 0 Å². The van der Waals surface area contributed by atoms with Gasteiger partial charge in [-0.2, -0.15) is 0 Å². The van der Waals surface area contributed by atoms with Crippen LogP contribution in [0.5, 0.6) is 0 Å². The third-order valence-corrected chi connectivity index (χ3v) is 2.16. The molecule has 0 amide bonds. The van der Waals surface area contributed by atoms with E-state index in [9.17, 15) is 0 Å². The van der Waals surface area contributed by atoms with Gasteiger partial charge < -0.3 is 10.1 Å². The molecule has 1 aliphatic rings. The van der Waals surface area contributed by atoms with E-state index in [4.69, 9.17) is 4.74 Å². The van der Waals surface area contributed by atoms with Crippen LogP contribution in [0, 0.1) is 5.92 Å². The molecule has 1 atom stereocenters. The van der Waals surface area contributed by atoms with Crippen molar-refractivity contribution in [1.29, 1.82) is 0 Å². The van der Waals surface area contributed by atoms with E-state index < -0.39 is 0 Å². The molecule has 66 valence electrons. The van der Waals surface area contributed by atoms with Crippen molar-refractivity contribution in [1.82, 2.24) is 5.32 Å². The summed E-state index contributed by atoms with van der Waals surface area (Å²) in [5.41, 5.74) is 0. The lowest BCUT2D eigenvalue weighted by Crippen LogP contribution is -2.35. The smallest absolute Gasteiger partial charge is 0.0622 e. The molecule has 1 rings (SSSR count). The molecule has 0 bridgehead atoms. The molecular weight excluding hydrogens is 138 g/mol. The van der Waals surface area contributed by atoms with Crippen LogP contribution < -0.4 is 5.32 Å². The first-order valence-corrected chi connectivity index (χ1v) is 4.69. The Bertz CT molecular complexity index is 102. The molecule has 11 heavy (non-hydrogen) atoms. The Kier molecular flexibility index (Phi) is 3.87. The largest absolute Gasteiger partial charge is 0.380 e. The van der Waals surface area contributed by atoms with Gasteiger partial charge in [0.1, 0.15) is 0 Å². The maximum atomic E-state index is 5.39. The minimum Gasteiger partial charge on any atom is -0.380 e. The van der Waals surface area contributed by atoms with Crippen molar-refractivity contribution >= 4 is 0 Å². The molecule has 0 heterocycles. The van der Waals surface area contributed by atoms with Crippen LogP contribution in [-0.4, -0.2) is 25.8 Å². The normalized spacial score (nSPS) is 20.2. The minimum absolute atomic E-state index is 0.625. The molecular formula is C9H19NO. The molecule has 0 aromatic heterocycles. The summed E-state index contributed by atoms with van der Waals surface area (Å²) in [6.07, 6.45) is 2.79. The lowest BCUT2D eigenvalue weighted by atomic mass is 10.2. The van der Waals surface area contributed by atoms with Gasteiger partial charge in [-0.1, -0.05) is 6.92 Å². The van der Waals surface area contributed by atoms with Crippen LogP contribution in [0.2, 0.25) is 0 Å². The molecule has 0 radical (unpaired) electrons. The SMILES string of the molecule is CCNC(COCC)C1CC1. The van der Waals surface area contributed by atoms with Gasteiger partial charge in [-0.25, -0.2) is 0 Å². The van der Waals surface area contributed by atoms with Crippen molar-refractivity contribution < 1.29 is 4.74 Å². The summed E-state index contributed by atoms with van der Waals surface area (Å²) < 4.78 is 5.39. The molecule has 1 N–H and O–H groups in total. The molecule has 0 aromatic carbocycles. The third-order valence-electron chi connectivity index (χ3n) is 2.16. The van der Waals surface area contributed by atoms with E-state index >= 15 is 0 Å². The maximum Gasteiger partial charge on any atom is 0.0622 e. The zero-order valence-electron chi connectivity index (χ0n) is 7.60. The van der Waals surface area contributed by atoms with E-state index in [0.717, 1.165) is 25.7 Å². The van der Waals surface area contributed by atoms with Crippen LogP contribution in [0.4, 0.5) is 0 Å². The molecule has 0 aromatic rings. The highest BCUT2D eigenvalue weighted by molar-refractivity contribution is 4.85. The van der Waals surface area contributed by atoms with Crippen LogP contribution in [0.25, 0.3) is 0 Å². The predicted octanol–water partition coefficient (Wildman–Crippen LogP) is 1.41. The van der Waals surface area contributed by atoms with Crippen LogP contribution in [0.3, 0.4) is 0 Å². The van der Waals surface area contributed by atoms with Crippen LogP contribution >= 0.6 is 0 Å². The van der Waals surface area contributed by atoms with E-state index in [-0.39, 0.29) is 0 Å². The Morgan fingerprint density at radius 1 is 1.45 bits per heavy atom. The quantitative estimate of drug-likeness (QED) is 0.629. The Morgan fingerprint density at radius 3 is 2.64 bits per heavy atom. The summed E-state index contributed by atoms with van der Waals surface area (Å²) in [4.78, 5) is 0. The van der Waals surface area contributed by atoms with Crippen LogP contribution in [0.15, 0.2) is 0 Å². The lowest BCUT2D eigenvalue weighted by molar-refractivity contribution is 0.117. The fraction of sp³-hybridized carbons (Fsp3) is 1.00. The molecule has 0 spiro atoms. The van der Waals surface area contributed by atoms with Gasteiger partial charge in [0.2, 0.25) is 0 Å². The van der Waals surface area contributed by atoms with Crippen LogP contribution in [0.1, 0.15) is 26.7 Å². The zero-order chi connectivity index (χ0) is 8.10. The van der Waals surface area contributed by atoms with Gasteiger partial charge >= 0.3 is 0 Å². The predicted molar refractivity (Wildman–Crippen MR) is 46.7 cm³/mol. The van der Waals surface area contributed by atoms with E-state index in [1.807, 2.05) is 0 Å². The van der Waals surface area contributed by atoms with E-state index in [0.29, 0.717) is 6.04 Å². The first-order chi connectivity index (χ1) is 5.38. The van der Waals surface area contributed by atoms with Crippen molar-refractivity contribution in [2.45, 2.75) is 32.7 Å². The fourth-order valence-corrected chi connectivity index (χ4v) is 1.37. The average Bonchev–Trinajstić information content (AvgIpc) is 2.80. The van der Waals surface area contributed by atoms with Gasteiger partial charge in [-0.05, 0) is 32.2 Å². The molecule has 2 heteroatoms. The van der Waals surface area contributed by atoms with Crippen molar-refractivity contribution in [2.75, 3.05) is 19.8 Å². The highest BCUT2D eigenvalue weighted by Crippen LogP contribution is 2.32. The minimum atomic E-state index is 0.625. The second-order valence-electron chi connectivity index (χ2n) is 3.16. The number of rotatable bonds is 6. The summed E-state index contributed by atoms with van der Waals surface area (Å²) in [6, 6.07) is 0.625. The topological polar surface area (TPSA) is 21.3 Å². The van der Waals surface area contributed by atoms with Crippen LogP contribution in [-0.2, 0) is 4.74 Å². The number of ether oxygens (including phenoxy) is 1. The van der Waals surface area contributed by atoms with E-state index in [1.54, 1.807) is 0 Å². The second-order valence-corrected chi connectivity index (χ2v) is 3.16. The first-order valence-electron chi connectivity index (χ1n) is 4.69. The molecule has 1 unspecified atom stereocenters. The van der Waals surface area contributed by atoms with Crippen molar-refractivity contribution in [3.05, 3.63) is 0 Å². The first kappa shape index (κ1) is 9.01. The molecule has 1 aliphatic carbocycles. The summed E-state index contributed by atoms with van der Waals surface area (Å²) in [6.45, 7) is 7.01. The highest BCUT2D eigenvalue weighted by Gasteiger charge is 2.30. The van der Waals surface area contributed by atoms with Gasteiger partial charge in [0, 0.05) is 12.6 Å². The summed E-state index contributed by atoms with van der Waals surface area (Å²) in [5, 5.41) is 3.45. The molecule has 1 saturated carbocycles. The maximum absolute atomic E-state index is 5.39. The monoisotopic (exact) mass is 157 g/mol. The van der Waals surface area contributed by atoms with Gasteiger partial charge in [0.25, 0.3) is 0 Å². The van der Waals surface area contributed by atoms with Crippen molar-refractivity contribution in [2.24, 2.45) is 5.92 Å². The van der Waals surface area contributed by atoms with Gasteiger partial charge in [-0.15, -0.1) is 0 Å².